The highest BCUT2D eigenvalue weighted by Crippen LogP contribution is 2.32. The van der Waals surface area contributed by atoms with Crippen LogP contribution in [0.4, 0.5) is 0 Å². The summed E-state index contributed by atoms with van der Waals surface area (Å²) >= 11 is 0. The molecule has 0 heteroatoms. The van der Waals surface area contributed by atoms with Crippen molar-refractivity contribution < 1.29 is 0 Å². The van der Waals surface area contributed by atoms with E-state index in [1.807, 2.05) is 6.08 Å². The Hall–Kier alpha value is -0.520. The molecule has 0 rings (SSSR count). The van der Waals surface area contributed by atoms with Gasteiger partial charge in [0.15, 0.2) is 0 Å². The monoisotopic (exact) mass is 348 g/mol. The van der Waals surface area contributed by atoms with Gasteiger partial charge in [-0.15, -0.1) is 13.2 Å². The molecule has 0 aromatic carbocycles. The summed E-state index contributed by atoms with van der Waals surface area (Å²) in [4.78, 5) is 0. The van der Waals surface area contributed by atoms with Crippen LogP contribution >= 0.6 is 0 Å². The van der Waals surface area contributed by atoms with Crippen LogP contribution in [0.15, 0.2) is 25.3 Å². The van der Waals surface area contributed by atoms with Gasteiger partial charge in [-0.05, 0) is 62.2 Å². The van der Waals surface area contributed by atoms with Gasteiger partial charge in [0.2, 0.25) is 0 Å². The van der Waals surface area contributed by atoms with Crippen LogP contribution in [0.3, 0.4) is 0 Å². The predicted octanol–water partition coefficient (Wildman–Crippen LogP) is 9.26. The molecule has 148 valence electrons. The van der Waals surface area contributed by atoms with Gasteiger partial charge in [0.05, 0.1) is 0 Å². The van der Waals surface area contributed by atoms with E-state index in [2.05, 4.69) is 46.9 Å². The summed E-state index contributed by atoms with van der Waals surface area (Å²) in [6, 6.07) is 0. The van der Waals surface area contributed by atoms with Gasteiger partial charge >= 0.3 is 0 Å². The maximum absolute atomic E-state index is 3.83. The Morgan fingerprint density at radius 2 is 0.800 bits per heavy atom. The van der Waals surface area contributed by atoms with Crippen molar-refractivity contribution in [1.29, 1.82) is 0 Å². The van der Waals surface area contributed by atoms with Crippen LogP contribution in [0.25, 0.3) is 0 Å². The largest absolute Gasteiger partial charge is 0.103 e. The summed E-state index contributed by atoms with van der Waals surface area (Å²) in [5.41, 5.74) is 1.07. The molecule has 0 aliphatic heterocycles. The molecule has 0 heterocycles. The third-order valence-corrected chi connectivity index (χ3v) is 5.73. The number of allylic oxidation sites excluding steroid dienone is 2. The summed E-state index contributed by atoms with van der Waals surface area (Å²) in [6.45, 7) is 17.4. The van der Waals surface area contributed by atoms with Gasteiger partial charge in [0, 0.05) is 0 Å². The van der Waals surface area contributed by atoms with Gasteiger partial charge in [-0.1, -0.05) is 84.8 Å². The molecule has 0 bridgehead atoms. The Bertz CT molecular complexity index is 321. The van der Waals surface area contributed by atoms with E-state index >= 15 is 0 Å². The lowest BCUT2D eigenvalue weighted by atomic mass is 9.80. The highest BCUT2D eigenvalue weighted by atomic mass is 14.2. The molecule has 0 aromatic heterocycles. The van der Waals surface area contributed by atoms with Gasteiger partial charge in [-0.3, -0.25) is 0 Å². The molecular formula is C25H48. The number of hydrogen-bond acceptors (Lipinski definition) is 0. The quantitative estimate of drug-likeness (QED) is 0.171. The molecule has 0 aliphatic carbocycles. The van der Waals surface area contributed by atoms with E-state index < -0.39 is 0 Å². The fraction of sp³-hybridized carbons (Fsp3) is 0.840. The summed E-state index contributed by atoms with van der Waals surface area (Å²) < 4.78 is 0. The van der Waals surface area contributed by atoms with E-state index in [0.29, 0.717) is 10.8 Å². The standard InChI is InChI=1S/C25H48/c1-7-9-11-12-13-17-21-25(5,6)23-19-15-14-18-22-24(3,4)20-16-10-8-2/h7-8H,1-2,9-23H2,3-6H3. The first-order valence-corrected chi connectivity index (χ1v) is 11.0. The zero-order valence-electron chi connectivity index (χ0n) is 18.2. The fourth-order valence-electron chi connectivity index (χ4n) is 3.78. The topological polar surface area (TPSA) is 0 Å². The van der Waals surface area contributed by atoms with Crippen LogP contribution in [0.5, 0.6) is 0 Å². The average molecular weight is 349 g/mol. The lowest BCUT2D eigenvalue weighted by molar-refractivity contribution is 0.271. The maximum atomic E-state index is 3.83. The summed E-state index contributed by atoms with van der Waals surface area (Å²) in [6.07, 6.45) is 24.5. The van der Waals surface area contributed by atoms with Crippen LogP contribution in [0, 0.1) is 10.8 Å². The Morgan fingerprint density at radius 3 is 1.20 bits per heavy atom. The van der Waals surface area contributed by atoms with Crippen molar-refractivity contribution in [3.63, 3.8) is 0 Å². The number of unbranched alkanes of at least 4 members (excludes halogenated alkanes) is 8. The minimum Gasteiger partial charge on any atom is -0.103 e. The van der Waals surface area contributed by atoms with Crippen molar-refractivity contribution in [3.8, 4) is 0 Å². The van der Waals surface area contributed by atoms with E-state index in [0.717, 1.165) is 0 Å². The van der Waals surface area contributed by atoms with E-state index in [1.165, 1.54) is 96.3 Å². The first-order valence-electron chi connectivity index (χ1n) is 11.0. The summed E-state index contributed by atoms with van der Waals surface area (Å²) in [7, 11) is 0. The van der Waals surface area contributed by atoms with Crippen LogP contribution in [-0.2, 0) is 0 Å². The van der Waals surface area contributed by atoms with Crippen LogP contribution < -0.4 is 0 Å². The number of hydrogen-bond donors (Lipinski definition) is 0. The van der Waals surface area contributed by atoms with Gasteiger partial charge < -0.3 is 0 Å². The van der Waals surface area contributed by atoms with E-state index in [4.69, 9.17) is 0 Å². The molecule has 0 nitrogen and oxygen atoms in total. The normalized spacial score (nSPS) is 12.3. The first kappa shape index (κ1) is 24.5. The highest BCUT2D eigenvalue weighted by Gasteiger charge is 2.18. The molecule has 0 aliphatic rings. The molecule has 0 radical (unpaired) electrons. The molecule has 0 spiro atoms. The van der Waals surface area contributed by atoms with Crippen molar-refractivity contribution in [3.05, 3.63) is 25.3 Å². The molecule has 0 amide bonds. The fourth-order valence-corrected chi connectivity index (χ4v) is 3.78. The molecule has 0 saturated carbocycles. The third kappa shape index (κ3) is 16.7. The van der Waals surface area contributed by atoms with Crippen molar-refractivity contribution in [1.82, 2.24) is 0 Å². The van der Waals surface area contributed by atoms with E-state index in [9.17, 15) is 0 Å². The summed E-state index contributed by atoms with van der Waals surface area (Å²) in [5, 5.41) is 0. The summed E-state index contributed by atoms with van der Waals surface area (Å²) in [5.74, 6) is 0. The van der Waals surface area contributed by atoms with Crippen molar-refractivity contribution in [2.75, 3.05) is 0 Å². The van der Waals surface area contributed by atoms with Gasteiger partial charge in [0.25, 0.3) is 0 Å². The molecule has 0 unspecified atom stereocenters. The lowest BCUT2D eigenvalue weighted by Gasteiger charge is -2.25. The van der Waals surface area contributed by atoms with Crippen LogP contribution in [-0.4, -0.2) is 0 Å². The zero-order valence-corrected chi connectivity index (χ0v) is 18.2. The van der Waals surface area contributed by atoms with Crippen molar-refractivity contribution in [2.45, 2.75) is 124 Å². The molecule has 0 N–H and O–H groups in total. The zero-order chi connectivity index (χ0) is 19.0. The van der Waals surface area contributed by atoms with Crippen molar-refractivity contribution >= 4 is 0 Å². The molecule has 0 aromatic rings. The Kier molecular flexibility index (Phi) is 14.3. The molecule has 0 fully saturated rings. The maximum Gasteiger partial charge on any atom is -0.0353 e. The van der Waals surface area contributed by atoms with Gasteiger partial charge in [-0.2, -0.15) is 0 Å². The average Bonchev–Trinajstić information content (AvgIpc) is 2.54. The molecular weight excluding hydrogens is 300 g/mol. The Balaban J connectivity index is 3.61. The molecule has 0 atom stereocenters. The second-order valence-electron chi connectivity index (χ2n) is 9.67. The Morgan fingerprint density at radius 1 is 0.480 bits per heavy atom. The smallest absolute Gasteiger partial charge is 0.0353 e. The Labute approximate surface area is 160 Å². The van der Waals surface area contributed by atoms with Crippen LogP contribution in [0.2, 0.25) is 0 Å². The number of rotatable bonds is 18. The van der Waals surface area contributed by atoms with Crippen LogP contribution in [0.1, 0.15) is 124 Å². The minimum absolute atomic E-state index is 0.522. The highest BCUT2D eigenvalue weighted by molar-refractivity contribution is 4.73. The minimum atomic E-state index is 0.522. The van der Waals surface area contributed by atoms with Crippen molar-refractivity contribution in [2.24, 2.45) is 10.8 Å². The predicted molar refractivity (Wildman–Crippen MR) is 117 cm³/mol. The van der Waals surface area contributed by atoms with E-state index in [-0.39, 0.29) is 0 Å². The lowest BCUT2D eigenvalue weighted by Crippen LogP contribution is -2.12. The molecule has 25 heavy (non-hydrogen) atoms. The molecule has 0 saturated heterocycles. The second-order valence-corrected chi connectivity index (χ2v) is 9.67. The third-order valence-electron chi connectivity index (χ3n) is 5.73. The second kappa shape index (κ2) is 14.6. The van der Waals surface area contributed by atoms with E-state index in [1.54, 1.807) is 0 Å². The van der Waals surface area contributed by atoms with Gasteiger partial charge in [0.1, 0.15) is 0 Å². The SMILES string of the molecule is C=CCCCCCCC(C)(C)CCCCCCC(C)(C)CCCC=C. The van der Waals surface area contributed by atoms with Gasteiger partial charge in [-0.25, -0.2) is 0 Å². The first-order chi connectivity index (χ1) is 11.8.